The van der Waals surface area contributed by atoms with Crippen LogP contribution in [0.5, 0.6) is 0 Å². The number of methoxy groups -OCH3 is 2. The third-order valence-corrected chi connectivity index (χ3v) is 7.02. The molecular formula is C22H20Cl4O4. The summed E-state index contributed by atoms with van der Waals surface area (Å²) in [5.41, 5.74) is 1.89. The Balaban J connectivity index is 0.000000171. The van der Waals surface area contributed by atoms with Gasteiger partial charge in [-0.05, 0) is 47.9 Å². The molecule has 0 N–H and O–H groups in total. The van der Waals surface area contributed by atoms with Crippen LogP contribution in [0.1, 0.15) is 35.8 Å². The molecule has 0 saturated heterocycles. The second-order valence-electron chi connectivity index (χ2n) is 7.23. The van der Waals surface area contributed by atoms with E-state index >= 15 is 0 Å². The minimum Gasteiger partial charge on any atom is -0.469 e. The molecule has 4 rings (SSSR count). The van der Waals surface area contributed by atoms with Crippen molar-refractivity contribution in [3.05, 3.63) is 67.6 Å². The number of esters is 2. The zero-order valence-corrected chi connectivity index (χ0v) is 19.4. The lowest BCUT2D eigenvalue weighted by molar-refractivity contribution is -0.143. The standard InChI is InChI=1S/2C11H10Cl2O2/c2*1-15-11(14)8-5-7(8)6-3-2-4-9(12)10(6)13/h2*2-4,7-8H,5H2,1H3. The van der Waals surface area contributed by atoms with E-state index in [1.165, 1.54) is 14.2 Å². The Bertz CT molecular complexity index is 885. The maximum atomic E-state index is 11.3. The molecular weight excluding hydrogens is 470 g/mol. The molecule has 0 bridgehead atoms. The highest BCUT2D eigenvalue weighted by molar-refractivity contribution is 6.43. The summed E-state index contributed by atoms with van der Waals surface area (Å²) in [6, 6.07) is 11.0. The molecule has 0 radical (unpaired) electrons. The number of benzene rings is 2. The van der Waals surface area contributed by atoms with Gasteiger partial charge in [0.25, 0.3) is 0 Å². The summed E-state index contributed by atoms with van der Waals surface area (Å²) in [6.07, 6.45) is 1.60. The molecule has 2 aromatic rings. The van der Waals surface area contributed by atoms with Crippen molar-refractivity contribution in [2.24, 2.45) is 11.8 Å². The Morgan fingerprint density at radius 1 is 0.733 bits per heavy atom. The highest BCUT2D eigenvalue weighted by atomic mass is 35.5. The van der Waals surface area contributed by atoms with Crippen molar-refractivity contribution in [2.75, 3.05) is 14.2 Å². The van der Waals surface area contributed by atoms with E-state index in [4.69, 9.17) is 46.4 Å². The Kier molecular flexibility index (Phi) is 7.56. The zero-order valence-electron chi connectivity index (χ0n) is 16.3. The van der Waals surface area contributed by atoms with Gasteiger partial charge in [-0.2, -0.15) is 0 Å². The Morgan fingerprint density at radius 2 is 1.10 bits per heavy atom. The smallest absolute Gasteiger partial charge is 0.309 e. The van der Waals surface area contributed by atoms with Crippen LogP contribution in [-0.4, -0.2) is 26.2 Å². The summed E-state index contributed by atoms with van der Waals surface area (Å²) in [6.45, 7) is 0. The van der Waals surface area contributed by atoms with E-state index in [0.29, 0.717) is 20.1 Å². The van der Waals surface area contributed by atoms with E-state index in [2.05, 4.69) is 9.47 Å². The number of rotatable bonds is 4. The van der Waals surface area contributed by atoms with E-state index in [0.717, 1.165) is 24.0 Å². The van der Waals surface area contributed by atoms with Crippen LogP contribution in [0, 0.1) is 11.8 Å². The van der Waals surface area contributed by atoms with Crippen molar-refractivity contribution < 1.29 is 19.1 Å². The van der Waals surface area contributed by atoms with Crippen LogP contribution in [0.25, 0.3) is 0 Å². The molecule has 4 nitrogen and oxygen atoms in total. The van der Waals surface area contributed by atoms with Gasteiger partial charge in [-0.1, -0.05) is 70.7 Å². The van der Waals surface area contributed by atoms with Crippen molar-refractivity contribution in [2.45, 2.75) is 24.7 Å². The minimum absolute atomic E-state index is 0.0500. The van der Waals surface area contributed by atoms with Crippen molar-refractivity contribution >= 4 is 58.3 Å². The summed E-state index contributed by atoms with van der Waals surface area (Å²) in [4.78, 5) is 22.5. The number of carbonyl (C=O) groups is 2. The first kappa shape index (κ1) is 23.2. The van der Waals surface area contributed by atoms with E-state index < -0.39 is 0 Å². The summed E-state index contributed by atoms with van der Waals surface area (Å²) < 4.78 is 9.36. The van der Waals surface area contributed by atoms with Crippen molar-refractivity contribution in [1.82, 2.24) is 0 Å². The van der Waals surface area contributed by atoms with E-state index in [9.17, 15) is 9.59 Å². The molecule has 0 spiro atoms. The highest BCUT2D eigenvalue weighted by Gasteiger charge is 2.46. The maximum absolute atomic E-state index is 11.3. The lowest BCUT2D eigenvalue weighted by Gasteiger charge is -2.04. The quantitative estimate of drug-likeness (QED) is 0.457. The van der Waals surface area contributed by atoms with Crippen LogP contribution in [-0.2, 0) is 19.1 Å². The van der Waals surface area contributed by atoms with Gasteiger partial charge in [0.05, 0.1) is 46.1 Å². The fourth-order valence-corrected chi connectivity index (χ4v) is 4.41. The summed E-state index contributed by atoms with van der Waals surface area (Å²) in [5, 5.41) is 2.17. The van der Waals surface area contributed by atoms with Crippen LogP contribution < -0.4 is 0 Å². The SMILES string of the molecule is COC(=O)C1CC1c1cccc(Cl)c1Cl.COC(=O)C1CC1c1cccc(Cl)c1Cl. The molecule has 2 fully saturated rings. The number of hydrogen-bond acceptors (Lipinski definition) is 4. The van der Waals surface area contributed by atoms with Crippen molar-refractivity contribution in [1.29, 1.82) is 0 Å². The number of halogens is 4. The Morgan fingerprint density at radius 3 is 1.43 bits per heavy atom. The topological polar surface area (TPSA) is 52.6 Å². The third-order valence-electron chi connectivity index (χ3n) is 5.35. The Labute approximate surface area is 195 Å². The van der Waals surface area contributed by atoms with Gasteiger partial charge in [-0.3, -0.25) is 9.59 Å². The first-order chi connectivity index (χ1) is 14.3. The summed E-state index contributed by atoms with van der Waals surface area (Å²) in [7, 11) is 2.80. The normalized spacial score (nSPS) is 23.7. The van der Waals surface area contributed by atoms with E-state index in [-0.39, 0.29) is 35.6 Å². The second kappa shape index (κ2) is 9.78. The second-order valence-corrected chi connectivity index (χ2v) is 8.80. The number of carbonyl (C=O) groups excluding carboxylic acids is 2. The zero-order chi connectivity index (χ0) is 22.0. The molecule has 0 aromatic heterocycles. The van der Waals surface area contributed by atoms with Gasteiger partial charge in [-0.25, -0.2) is 0 Å². The fourth-order valence-electron chi connectivity index (χ4n) is 3.51. The predicted molar refractivity (Wildman–Crippen MR) is 119 cm³/mol. The lowest BCUT2D eigenvalue weighted by Crippen LogP contribution is -2.04. The molecule has 2 saturated carbocycles. The number of ether oxygens (including phenoxy) is 2. The number of hydrogen-bond donors (Lipinski definition) is 0. The monoisotopic (exact) mass is 488 g/mol. The molecule has 0 heterocycles. The van der Waals surface area contributed by atoms with Gasteiger partial charge in [0, 0.05) is 0 Å². The fraction of sp³-hybridized carbons (Fsp3) is 0.364. The minimum atomic E-state index is -0.170. The van der Waals surface area contributed by atoms with Gasteiger partial charge in [0.15, 0.2) is 0 Å². The molecule has 160 valence electrons. The van der Waals surface area contributed by atoms with Gasteiger partial charge in [0.2, 0.25) is 0 Å². The van der Waals surface area contributed by atoms with E-state index in [1.807, 2.05) is 24.3 Å². The molecule has 8 heteroatoms. The molecule has 4 unspecified atom stereocenters. The van der Waals surface area contributed by atoms with Crippen LogP contribution in [0.3, 0.4) is 0 Å². The summed E-state index contributed by atoms with van der Waals surface area (Å²) in [5.74, 6) is -0.101. The van der Waals surface area contributed by atoms with Crippen LogP contribution in [0.15, 0.2) is 36.4 Å². The molecule has 0 amide bonds. The summed E-state index contributed by atoms with van der Waals surface area (Å²) >= 11 is 23.9. The third kappa shape index (κ3) is 5.05. The molecule has 2 aliphatic carbocycles. The van der Waals surface area contributed by atoms with Gasteiger partial charge in [-0.15, -0.1) is 0 Å². The van der Waals surface area contributed by atoms with Crippen molar-refractivity contribution in [3.8, 4) is 0 Å². The molecule has 4 atom stereocenters. The first-order valence-electron chi connectivity index (χ1n) is 9.33. The first-order valence-corrected chi connectivity index (χ1v) is 10.8. The molecule has 2 aliphatic rings. The van der Waals surface area contributed by atoms with Crippen LogP contribution in [0.4, 0.5) is 0 Å². The van der Waals surface area contributed by atoms with Gasteiger partial charge < -0.3 is 9.47 Å². The van der Waals surface area contributed by atoms with Gasteiger partial charge >= 0.3 is 11.9 Å². The largest absolute Gasteiger partial charge is 0.469 e. The molecule has 2 aromatic carbocycles. The average molecular weight is 490 g/mol. The van der Waals surface area contributed by atoms with Crippen LogP contribution in [0.2, 0.25) is 20.1 Å². The van der Waals surface area contributed by atoms with Gasteiger partial charge in [0.1, 0.15) is 0 Å². The molecule has 0 aliphatic heterocycles. The van der Waals surface area contributed by atoms with E-state index in [1.54, 1.807) is 12.1 Å². The Hall–Kier alpha value is -1.46. The maximum Gasteiger partial charge on any atom is 0.309 e. The van der Waals surface area contributed by atoms with Crippen LogP contribution >= 0.6 is 46.4 Å². The molecule has 30 heavy (non-hydrogen) atoms. The lowest BCUT2D eigenvalue weighted by atomic mass is 10.1. The average Bonchev–Trinajstić information content (AvgIpc) is 3.65. The predicted octanol–water partition coefficient (Wildman–Crippen LogP) is 6.54. The van der Waals surface area contributed by atoms with Crippen molar-refractivity contribution in [3.63, 3.8) is 0 Å². The highest BCUT2D eigenvalue weighted by Crippen LogP contribution is 2.52.